The highest BCUT2D eigenvalue weighted by Crippen LogP contribution is 2.21. The van der Waals surface area contributed by atoms with E-state index in [0.717, 1.165) is 17.1 Å². The Morgan fingerprint density at radius 2 is 2.17 bits per heavy atom. The fraction of sp³-hybridized carbons (Fsp3) is 0.667. The van der Waals surface area contributed by atoms with Crippen molar-refractivity contribution in [2.75, 3.05) is 18.5 Å². The van der Waals surface area contributed by atoms with E-state index in [2.05, 4.69) is 10.4 Å². The second-order valence-corrected chi connectivity index (χ2v) is 4.79. The van der Waals surface area contributed by atoms with Gasteiger partial charge >= 0.3 is 0 Å². The van der Waals surface area contributed by atoms with E-state index >= 15 is 0 Å². The highest BCUT2D eigenvalue weighted by Gasteiger charge is 2.17. The van der Waals surface area contributed by atoms with Crippen LogP contribution in [0.2, 0.25) is 0 Å². The summed E-state index contributed by atoms with van der Waals surface area (Å²) in [5, 5.41) is 7.20. The average Bonchev–Trinajstić information content (AvgIpc) is 2.51. The van der Waals surface area contributed by atoms with Crippen molar-refractivity contribution in [3.63, 3.8) is 0 Å². The molecule has 0 aliphatic heterocycles. The summed E-state index contributed by atoms with van der Waals surface area (Å²) in [6, 6.07) is 0.146. The number of nitrogens with one attached hydrogen (secondary N) is 1. The third-order valence-corrected chi connectivity index (χ3v) is 2.71. The molecule has 0 unspecified atom stereocenters. The molecule has 1 heterocycles. The van der Waals surface area contributed by atoms with Crippen LogP contribution in [-0.2, 0) is 18.4 Å². The molecule has 0 aromatic carbocycles. The third-order valence-electron chi connectivity index (χ3n) is 2.71. The monoisotopic (exact) mass is 253 g/mol. The van der Waals surface area contributed by atoms with Crippen LogP contribution in [0.1, 0.15) is 25.1 Å². The molecule has 3 N–H and O–H groups in total. The SMILES string of the molecule is Cc1nn(C)c(N(C)CC(=O)NC(C)C)c1CN. The number of nitrogens with zero attached hydrogens (tertiary/aromatic N) is 3. The number of nitrogens with two attached hydrogens (primary N) is 1. The van der Waals surface area contributed by atoms with E-state index in [-0.39, 0.29) is 11.9 Å². The minimum absolute atomic E-state index is 0.00526. The Kier molecular flexibility index (Phi) is 4.72. The van der Waals surface area contributed by atoms with Gasteiger partial charge in [-0.2, -0.15) is 5.10 Å². The smallest absolute Gasteiger partial charge is 0.239 e. The fourth-order valence-corrected chi connectivity index (χ4v) is 2.06. The van der Waals surface area contributed by atoms with Gasteiger partial charge in [-0.25, -0.2) is 0 Å². The van der Waals surface area contributed by atoms with Crippen LogP contribution in [0.25, 0.3) is 0 Å². The van der Waals surface area contributed by atoms with Gasteiger partial charge in [0, 0.05) is 32.2 Å². The number of aromatic nitrogens is 2. The summed E-state index contributed by atoms with van der Waals surface area (Å²) < 4.78 is 1.76. The maximum Gasteiger partial charge on any atom is 0.239 e. The number of anilines is 1. The van der Waals surface area contributed by atoms with Crippen LogP contribution in [0.3, 0.4) is 0 Å². The number of likely N-dealkylation sites (N-methyl/N-ethyl adjacent to an activating group) is 1. The van der Waals surface area contributed by atoms with Gasteiger partial charge in [-0.15, -0.1) is 0 Å². The van der Waals surface area contributed by atoms with E-state index in [4.69, 9.17) is 5.73 Å². The standard InChI is InChI=1S/C12H23N5O/c1-8(2)14-11(18)7-16(4)12-10(6-13)9(3)15-17(12)5/h8H,6-7,13H2,1-5H3,(H,14,18). The summed E-state index contributed by atoms with van der Waals surface area (Å²) in [5.41, 5.74) is 7.63. The molecule has 6 heteroatoms. The highest BCUT2D eigenvalue weighted by molar-refractivity contribution is 5.81. The van der Waals surface area contributed by atoms with Crippen molar-refractivity contribution in [1.82, 2.24) is 15.1 Å². The first kappa shape index (κ1) is 14.5. The topological polar surface area (TPSA) is 76.2 Å². The van der Waals surface area contributed by atoms with Crippen molar-refractivity contribution in [2.24, 2.45) is 12.8 Å². The van der Waals surface area contributed by atoms with Gasteiger partial charge < -0.3 is 16.0 Å². The zero-order valence-electron chi connectivity index (χ0n) is 11.8. The number of amides is 1. The van der Waals surface area contributed by atoms with Crippen molar-refractivity contribution >= 4 is 11.7 Å². The fourth-order valence-electron chi connectivity index (χ4n) is 2.06. The Labute approximate surface area is 108 Å². The molecule has 18 heavy (non-hydrogen) atoms. The summed E-state index contributed by atoms with van der Waals surface area (Å²) in [6.45, 7) is 6.53. The van der Waals surface area contributed by atoms with Crippen LogP contribution < -0.4 is 16.0 Å². The van der Waals surface area contributed by atoms with Crippen molar-refractivity contribution in [1.29, 1.82) is 0 Å². The molecule has 0 bridgehead atoms. The largest absolute Gasteiger partial charge is 0.352 e. The summed E-state index contributed by atoms with van der Waals surface area (Å²) in [7, 11) is 3.73. The van der Waals surface area contributed by atoms with Crippen molar-refractivity contribution < 1.29 is 4.79 Å². The van der Waals surface area contributed by atoms with Gasteiger partial charge in [0.2, 0.25) is 5.91 Å². The van der Waals surface area contributed by atoms with E-state index in [1.807, 2.05) is 39.8 Å². The summed E-state index contributed by atoms with van der Waals surface area (Å²) in [5.74, 6) is 0.892. The number of aryl methyl sites for hydroxylation is 2. The molecule has 0 aliphatic carbocycles. The molecular weight excluding hydrogens is 230 g/mol. The van der Waals surface area contributed by atoms with Crippen LogP contribution in [0.15, 0.2) is 0 Å². The number of hydrogen-bond acceptors (Lipinski definition) is 4. The molecular formula is C12H23N5O. The van der Waals surface area contributed by atoms with Gasteiger partial charge in [-0.3, -0.25) is 9.48 Å². The van der Waals surface area contributed by atoms with E-state index in [9.17, 15) is 4.79 Å². The molecule has 1 amide bonds. The van der Waals surface area contributed by atoms with Crippen LogP contribution in [0, 0.1) is 6.92 Å². The lowest BCUT2D eigenvalue weighted by molar-refractivity contribution is -0.120. The first-order chi connectivity index (χ1) is 8.36. The Bertz CT molecular complexity index is 424. The molecule has 0 spiro atoms. The van der Waals surface area contributed by atoms with E-state index in [1.54, 1.807) is 4.68 Å². The normalized spacial score (nSPS) is 10.8. The van der Waals surface area contributed by atoms with Crippen LogP contribution in [0.4, 0.5) is 5.82 Å². The highest BCUT2D eigenvalue weighted by atomic mass is 16.2. The van der Waals surface area contributed by atoms with E-state index in [0.29, 0.717) is 13.1 Å². The first-order valence-electron chi connectivity index (χ1n) is 6.09. The zero-order valence-corrected chi connectivity index (χ0v) is 11.8. The molecule has 0 atom stereocenters. The third kappa shape index (κ3) is 3.22. The molecule has 0 aliphatic rings. The molecule has 102 valence electrons. The van der Waals surface area contributed by atoms with Gasteiger partial charge in [0.1, 0.15) is 5.82 Å². The van der Waals surface area contributed by atoms with Crippen LogP contribution in [0.5, 0.6) is 0 Å². The van der Waals surface area contributed by atoms with E-state index < -0.39 is 0 Å². The lowest BCUT2D eigenvalue weighted by atomic mass is 10.2. The van der Waals surface area contributed by atoms with Gasteiger partial charge in [0.05, 0.1) is 12.2 Å². The molecule has 6 nitrogen and oxygen atoms in total. The maximum absolute atomic E-state index is 11.7. The number of hydrogen-bond donors (Lipinski definition) is 2. The summed E-state index contributed by atoms with van der Waals surface area (Å²) in [4.78, 5) is 13.6. The Morgan fingerprint density at radius 3 is 2.67 bits per heavy atom. The quantitative estimate of drug-likeness (QED) is 0.783. The molecule has 0 saturated heterocycles. The predicted octanol–water partition coefficient (Wildman–Crippen LogP) is 0.148. The first-order valence-corrected chi connectivity index (χ1v) is 6.09. The molecule has 1 aromatic heterocycles. The van der Waals surface area contributed by atoms with Gasteiger partial charge in [0.25, 0.3) is 0 Å². The maximum atomic E-state index is 11.7. The number of carbonyl (C=O) groups excluding carboxylic acids is 1. The number of rotatable bonds is 5. The molecule has 1 rings (SSSR count). The molecule has 0 fully saturated rings. The van der Waals surface area contributed by atoms with Crippen molar-refractivity contribution in [2.45, 2.75) is 33.4 Å². The van der Waals surface area contributed by atoms with Gasteiger partial charge in [-0.05, 0) is 20.8 Å². The van der Waals surface area contributed by atoms with Gasteiger partial charge in [0.15, 0.2) is 0 Å². The minimum Gasteiger partial charge on any atom is -0.352 e. The summed E-state index contributed by atoms with van der Waals surface area (Å²) in [6.07, 6.45) is 0. The lowest BCUT2D eigenvalue weighted by Gasteiger charge is -2.21. The van der Waals surface area contributed by atoms with Crippen molar-refractivity contribution in [3.8, 4) is 0 Å². The molecule has 1 aromatic rings. The predicted molar refractivity (Wildman–Crippen MR) is 72.4 cm³/mol. The van der Waals surface area contributed by atoms with Gasteiger partial charge in [-0.1, -0.05) is 0 Å². The summed E-state index contributed by atoms with van der Waals surface area (Å²) >= 11 is 0. The number of carbonyl (C=O) groups is 1. The van der Waals surface area contributed by atoms with Crippen molar-refractivity contribution in [3.05, 3.63) is 11.3 Å². The molecule has 0 radical (unpaired) electrons. The molecule has 0 saturated carbocycles. The van der Waals surface area contributed by atoms with Crippen LogP contribution in [-0.4, -0.2) is 35.3 Å². The van der Waals surface area contributed by atoms with Crippen LogP contribution >= 0.6 is 0 Å². The minimum atomic E-state index is -0.00526. The zero-order chi connectivity index (χ0) is 13.9. The lowest BCUT2D eigenvalue weighted by Crippen LogP contribution is -2.39. The Hall–Kier alpha value is -1.56. The second-order valence-electron chi connectivity index (χ2n) is 4.79. The average molecular weight is 253 g/mol. The Morgan fingerprint density at radius 1 is 1.56 bits per heavy atom. The second kappa shape index (κ2) is 5.86. The Balaban J connectivity index is 2.84. The van der Waals surface area contributed by atoms with E-state index in [1.165, 1.54) is 0 Å².